The number of nitrogens with zero attached hydrogens (tertiary/aromatic N) is 1. The van der Waals surface area contributed by atoms with E-state index in [9.17, 15) is 34.1 Å². The van der Waals surface area contributed by atoms with E-state index >= 15 is 0 Å². The molecule has 0 aliphatic carbocycles. The zero-order valence-corrected chi connectivity index (χ0v) is 24.6. The molecule has 0 aromatic heterocycles. The second kappa shape index (κ2) is 18.8. The SMILES string of the molecule is C=CCOC(=O)NC[C@H](CC)C(=O)N[C@@H](CCCNC(N)=O)C(=O)Nc1ccc(COC(=O)Oc2ccc([N+](=O)[O-])cc2)cc1. The lowest BCUT2D eigenvalue weighted by molar-refractivity contribution is -0.384. The van der Waals surface area contributed by atoms with Crippen molar-refractivity contribution >= 4 is 41.5 Å². The lowest BCUT2D eigenvalue weighted by Crippen LogP contribution is -2.48. The molecule has 5 amide bonds. The van der Waals surface area contributed by atoms with Gasteiger partial charge in [-0.05, 0) is 49.1 Å². The standard InChI is InChI=1S/C29H36N6O10/c1-3-16-43-28(39)32-17-20(4-2)25(36)34-24(6-5-15-31-27(30)38)26(37)33-21-9-7-19(8-10-21)18-44-29(40)45-23-13-11-22(12-14-23)35(41)42/h3,7-14,20,24H,1,4-6,15-18H2,2H3,(H,32,39)(H,33,37)(H,34,36)(H3,30,31,38)/t20-,24-/m0/s1. The van der Waals surface area contributed by atoms with Crippen molar-refractivity contribution in [1.82, 2.24) is 16.0 Å². The van der Waals surface area contributed by atoms with E-state index in [1.807, 2.05) is 0 Å². The van der Waals surface area contributed by atoms with Crippen LogP contribution in [0.2, 0.25) is 0 Å². The molecule has 0 saturated carbocycles. The molecular weight excluding hydrogens is 592 g/mol. The van der Waals surface area contributed by atoms with Gasteiger partial charge in [-0.15, -0.1) is 0 Å². The van der Waals surface area contributed by atoms with Crippen LogP contribution in [0.15, 0.2) is 61.2 Å². The Balaban J connectivity index is 1.95. The van der Waals surface area contributed by atoms with E-state index in [-0.39, 0.29) is 44.2 Å². The molecule has 242 valence electrons. The fourth-order valence-electron chi connectivity index (χ4n) is 3.71. The van der Waals surface area contributed by atoms with Crippen LogP contribution in [0.25, 0.3) is 0 Å². The number of rotatable bonds is 17. The van der Waals surface area contributed by atoms with Crippen molar-refractivity contribution in [3.8, 4) is 5.75 Å². The van der Waals surface area contributed by atoms with Crippen LogP contribution in [0.4, 0.5) is 25.8 Å². The van der Waals surface area contributed by atoms with Gasteiger partial charge in [0, 0.05) is 30.9 Å². The van der Waals surface area contributed by atoms with Gasteiger partial charge in [-0.3, -0.25) is 19.7 Å². The van der Waals surface area contributed by atoms with Crippen LogP contribution in [0.5, 0.6) is 5.75 Å². The minimum absolute atomic E-state index is 0.0131. The number of carbonyl (C=O) groups is 5. The van der Waals surface area contributed by atoms with Crippen molar-refractivity contribution in [2.24, 2.45) is 11.7 Å². The van der Waals surface area contributed by atoms with Crippen LogP contribution in [0.1, 0.15) is 31.7 Å². The summed E-state index contributed by atoms with van der Waals surface area (Å²) in [6, 6.07) is 9.55. The number of anilines is 1. The first-order chi connectivity index (χ1) is 21.5. The third-order valence-corrected chi connectivity index (χ3v) is 6.12. The van der Waals surface area contributed by atoms with E-state index < -0.39 is 47.0 Å². The maximum absolute atomic E-state index is 13.1. The summed E-state index contributed by atoms with van der Waals surface area (Å²) in [5.74, 6) is -1.56. The molecule has 0 radical (unpaired) electrons. The average molecular weight is 629 g/mol. The summed E-state index contributed by atoms with van der Waals surface area (Å²) in [5.41, 5.74) is 5.90. The quantitative estimate of drug-likeness (QED) is 0.0429. The number of nitro benzene ring substituents is 1. The van der Waals surface area contributed by atoms with Crippen LogP contribution >= 0.6 is 0 Å². The fraction of sp³-hybridized carbons (Fsp3) is 0.345. The highest BCUT2D eigenvalue weighted by Crippen LogP contribution is 2.18. The van der Waals surface area contributed by atoms with Gasteiger partial charge in [-0.2, -0.15) is 0 Å². The van der Waals surface area contributed by atoms with Crippen molar-refractivity contribution < 1.29 is 43.1 Å². The molecule has 0 aliphatic rings. The molecule has 16 heteroatoms. The zero-order chi connectivity index (χ0) is 33.2. The van der Waals surface area contributed by atoms with Crippen LogP contribution in [0, 0.1) is 16.0 Å². The lowest BCUT2D eigenvalue weighted by Gasteiger charge is -2.22. The van der Waals surface area contributed by atoms with E-state index in [0.29, 0.717) is 24.1 Å². The maximum Gasteiger partial charge on any atom is 0.514 e. The molecule has 2 aromatic carbocycles. The van der Waals surface area contributed by atoms with E-state index in [1.54, 1.807) is 31.2 Å². The van der Waals surface area contributed by atoms with E-state index in [1.165, 1.54) is 30.3 Å². The molecule has 0 spiro atoms. The summed E-state index contributed by atoms with van der Waals surface area (Å²) in [7, 11) is 0. The monoisotopic (exact) mass is 628 g/mol. The summed E-state index contributed by atoms with van der Waals surface area (Å²) in [4.78, 5) is 71.0. The lowest BCUT2D eigenvalue weighted by atomic mass is 10.0. The number of nitrogens with one attached hydrogen (secondary N) is 4. The summed E-state index contributed by atoms with van der Waals surface area (Å²) in [5, 5.41) is 21.1. The Morgan fingerprint density at radius 1 is 1.00 bits per heavy atom. The predicted octanol–water partition coefficient (Wildman–Crippen LogP) is 3.12. The van der Waals surface area contributed by atoms with Crippen LogP contribution < -0.4 is 31.7 Å². The number of amides is 5. The number of carbonyl (C=O) groups excluding carboxylic acids is 5. The largest absolute Gasteiger partial charge is 0.514 e. The van der Waals surface area contributed by atoms with Crippen molar-refractivity contribution in [3.05, 3.63) is 76.9 Å². The van der Waals surface area contributed by atoms with Gasteiger partial charge in [0.25, 0.3) is 5.69 Å². The van der Waals surface area contributed by atoms with Crippen molar-refractivity contribution in [2.45, 2.75) is 38.8 Å². The Morgan fingerprint density at radius 2 is 1.69 bits per heavy atom. The Hall–Kier alpha value is -5.67. The third-order valence-electron chi connectivity index (χ3n) is 6.12. The van der Waals surface area contributed by atoms with Crippen LogP contribution in [-0.4, -0.2) is 60.8 Å². The molecule has 0 heterocycles. The molecule has 0 unspecified atom stereocenters. The number of alkyl carbamates (subject to hydrolysis) is 1. The fourth-order valence-corrected chi connectivity index (χ4v) is 3.71. The molecule has 0 aliphatic heterocycles. The normalized spacial score (nSPS) is 11.6. The summed E-state index contributed by atoms with van der Waals surface area (Å²) in [6.45, 7) is 5.25. The van der Waals surface area contributed by atoms with Crippen molar-refractivity contribution in [2.75, 3.05) is 25.0 Å². The van der Waals surface area contributed by atoms with Gasteiger partial charge in [0.05, 0.1) is 10.8 Å². The van der Waals surface area contributed by atoms with Gasteiger partial charge in [0.2, 0.25) is 11.8 Å². The molecule has 45 heavy (non-hydrogen) atoms. The molecule has 0 saturated heterocycles. The molecule has 6 N–H and O–H groups in total. The van der Waals surface area contributed by atoms with Gasteiger partial charge in [-0.1, -0.05) is 31.7 Å². The highest BCUT2D eigenvalue weighted by Gasteiger charge is 2.25. The van der Waals surface area contributed by atoms with E-state index in [4.69, 9.17) is 19.9 Å². The zero-order valence-electron chi connectivity index (χ0n) is 24.6. The van der Waals surface area contributed by atoms with Crippen molar-refractivity contribution in [1.29, 1.82) is 0 Å². The summed E-state index contributed by atoms with van der Waals surface area (Å²) < 4.78 is 14.9. The number of nitro groups is 1. The first kappa shape index (κ1) is 35.5. The highest BCUT2D eigenvalue weighted by molar-refractivity contribution is 5.97. The summed E-state index contributed by atoms with van der Waals surface area (Å²) in [6.07, 6.45) is 0.561. The first-order valence-corrected chi connectivity index (χ1v) is 13.9. The van der Waals surface area contributed by atoms with Crippen LogP contribution in [-0.2, 0) is 25.7 Å². The number of primary amides is 1. The second-order valence-electron chi connectivity index (χ2n) is 9.45. The van der Waals surface area contributed by atoms with E-state index in [0.717, 1.165) is 0 Å². The number of benzene rings is 2. The average Bonchev–Trinajstić information content (AvgIpc) is 3.01. The molecule has 2 aromatic rings. The van der Waals surface area contributed by atoms with Gasteiger partial charge < -0.3 is 41.2 Å². The summed E-state index contributed by atoms with van der Waals surface area (Å²) >= 11 is 0. The van der Waals surface area contributed by atoms with E-state index in [2.05, 4.69) is 27.8 Å². The maximum atomic E-state index is 13.1. The number of nitrogens with two attached hydrogens (primary N) is 1. The third kappa shape index (κ3) is 13.5. The minimum atomic E-state index is -1.01. The van der Waals surface area contributed by atoms with Gasteiger partial charge >= 0.3 is 18.3 Å². The smallest absolute Gasteiger partial charge is 0.445 e. The van der Waals surface area contributed by atoms with Crippen LogP contribution in [0.3, 0.4) is 0 Å². The number of hydrogen-bond donors (Lipinski definition) is 5. The number of ether oxygens (including phenoxy) is 3. The Labute approximate surface area is 258 Å². The Kier molecular flexibility index (Phi) is 14.8. The Morgan fingerprint density at radius 3 is 2.29 bits per heavy atom. The number of urea groups is 1. The van der Waals surface area contributed by atoms with Gasteiger partial charge in [-0.25, -0.2) is 14.4 Å². The molecule has 0 fully saturated rings. The predicted molar refractivity (Wildman–Crippen MR) is 161 cm³/mol. The number of non-ortho nitro benzene ring substituents is 1. The molecule has 16 nitrogen and oxygen atoms in total. The first-order valence-electron chi connectivity index (χ1n) is 13.9. The second-order valence-corrected chi connectivity index (χ2v) is 9.45. The molecule has 0 bridgehead atoms. The minimum Gasteiger partial charge on any atom is -0.445 e. The van der Waals surface area contributed by atoms with Crippen molar-refractivity contribution in [3.63, 3.8) is 0 Å². The number of hydrogen-bond acceptors (Lipinski definition) is 10. The topological polar surface area (TPSA) is 230 Å². The van der Waals surface area contributed by atoms with Gasteiger partial charge in [0.15, 0.2) is 0 Å². The Bertz CT molecular complexity index is 1330. The molecule has 2 rings (SSSR count). The molecule has 2 atom stereocenters. The highest BCUT2D eigenvalue weighted by atomic mass is 16.7. The van der Waals surface area contributed by atoms with Gasteiger partial charge in [0.1, 0.15) is 25.0 Å². The molecular formula is C29H36N6O10.